The molecule has 2 nitrogen and oxygen atoms in total. The molecule has 0 spiro atoms. The molecule has 0 rings (SSSR count). The van der Waals surface area contributed by atoms with Crippen molar-refractivity contribution in [1.82, 2.24) is 0 Å². The summed E-state index contributed by atoms with van der Waals surface area (Å²) in [6.07, 6.45) is 11.5. The molecule has 0 aliphatic rings. The second-order valence-corrected chi connectivity index (χ2v) is 7.20. The Balaban J connectivity index is 4.11. The van der Waals surface area contributed by atoms with E-state index in [1.807, 2.05) is 20.8 Å². The molecule has 22 heavy (non-hydrogen) atoms. The molecule has 0 bridgehead atoms. The number of carbonyl (C=O) groups excluding carboxylic acids is 1. The van der Waals surface area contributed by atoms with Crippen molar-refractivity contribution < 1.29 is 9.53 Å². The van der Waals surface area contributed by atoms with Gasteiger partial charge < -0.3 is 4.74 Å². The molecule has 0 fully saturated rings. The lowest BCUT2D eigenvalue weighted by molar-refractivity contribution is -0.117. The molecule has 0 aliphatic heterocycles. The molecule has 0 radical (unpaired) electrons. The van der Waals surface area contributed by atoms with Gasteiger partial charge in [0.25, 0.3) is 0 Å². The summed E-state index contributed by atoms with van der Waals surface area (Å²) in [5, 5.41) is 0. The largest absolute Gasteiger partial charge is 0.379 e. The predicted molar refractivity (Wildman–Crippen MR) is 96.1 cm³/mol. The van der Waals surface area contributed by atoms with Crippen LogP contribution in [0.1, 0.15) is 73.6 Å². The summed E-state index contributed by atoms with van der Waals surface area (Å²) < 4.78 is 5.44. The summed E-state index contributed by atoms with van der Waals surface area (Å²) >= 11 is 0. The number of ketones is 1. The summed E-state index contributed by atoms with van der Waals surface area (Å²) in [5.41, 5.74) is 1.05. The summed E-state index contributed by atoms with van der Waals surface area (Å²) in [6, 6.07) is 0. The van der Waals surface area contributed by atoms with Gasteiger partial charge in [-0.25, -0.2) is 0 Å². The van der Waals surface area contributed by atoms with E-state index in [4.69, 9.17) is 4.74 Å². The Morgan fingerprint density at radius 3 is 2.45 bits per heavy atom. The van der Waals surface area contributed by atoms with Gasteiger partial charge in [0.05, 0.1) is 5.60 Å². The quantitative estimate of drug-likeness (QED) is 0.360. The number of allylic oxidation sites excluding steroid dienone is 4. The minimum absolute atomic E-state index is 0.00871. The Hall–Kier alpha value is -0.890. The monoisotopic (exact) mass is 308 g/mol. The van der Waals surface area contributed by atoms with Crippen LogP contribution in [0.15, 0.2) is 23.8 Å². The third-order valence-corrected chi connectivity index (χ3v) is 4.42. The van der Waals surface area contributed by atoms with Crippen LogP contribution in [0.2, 0.25) is 0 Å². The van der Waals surface area contributed by atoms with Crippen LogP contribution in [0.5, 0.6) is 0 Å². The second-order valence-electron chi connectivity index (χ2n) is 7.20. The van der Waals surface area contributed by atoms with Gasteiger partial charge in [-0.1, -0.05) is 45.8 Å². The number of rotatable bonds is 11. The normalized spacial score (nSPS) is 16.0. The zero-order valence-corrected chi connectivity index (χ0v) is 15.7. The average Bonchev–Trinajstić information content (AvgIpc) is 2.46. The third kappa shape index (κ3) is 9.94. The first-order chi connectivity index (χ1) is 10.2. The highest BCUT2D eigenvalue weighted by atomic mass is 16.5. The topological polar surface area (TPSA) is 26.3 Å². The maximum Gasteiger partial charge on any atom is 0.158 e. The Morgan fingerprint density at radius 2 is 1.91 bits per heavy atom. The molecule has 0 N–H and O–H groups in total. The first kappa shape index (κ1) is 21.1. The van der Waals surface area contributed by atoms with Crippen molar-refractivity contribution in [2.24, 2.45) is 11.8 Å². The van der Waals surface area contributed by atoms with Gasteiger partial charge in [-0.3, -0.25) is 4.79 Å². The zero-order chi connectivity index (χ0) is 17.2. The van der Waals surface area contributed by atoms with Crippen LogP contribution in [0.25, 0.3) is 0 Å². The van der Waals surface area contributed by atoms with Gasteiger partial charge in [-0.15, -0.1) is 0 Å². The van der Waals surface area contributed by atoms with Gasteiger partial charge in [-0.05, 0) is 57.6 Å². The van der Waals surface area contributed by atoms with Crippen molar-refractivity contribution >= 4 is 5.78 Å². The molecule has 0 aromatic carbocycles. The van der Waals surface area contributed by atoms with Crippen LogP contribution in [0, 0.1) is 11.8 Å². The smallest absolute Gasteiger partial charge is 0.158 e. The van der Waals surface area contributed by atoms with Gasteiger partial charge in [0.15, 0.2) is 5.78 Å². The lowest BCUT2D eigenvalue weighted by atomic mass is 9.94. The molecule has 2 heteroatoms. The number of ether oxygens (including phenoxy) is 1. The zero-order valence-electron chi connectivity index (χ0n) is 15.7. The van der Waals surface area contributed by atoms with Crippen molar-refractivity contribution in [2.45, 2.75) is 79.2 Å². The second kappa shape index (κ2) is 10.8. The Kier molecular flexibility index (Phi) is 10.3. The van der Waals surface area contributed by atoms with E-state index in [9.17, 15) is 4.79 Å². The van der Waals surface area contributed by atoms with Gasteiger partial charge in [0, 0.05) is 13.0 Å². The van der Waals surface area contributed by atoms with Crippen LogP contribution < -0.4 is 0 Å². The van der Waals surface area contributed by atoms with E-state index < -0.39 is 0 Å². The highest BCUT2D eigenvalue weighted by Gasteiger charge is 2.15. The minimum atomic E-state index is -0.00871. The van der Waals surface area contributed by atoms with Crippen LogP contribution >= 0.6 is 0 Å². The minimum Gasteiger partial charge on any atom is -0.379 e. The molecule has 0 saturated carbocycles. The molecule has 0 amide bonds. The van der Waals surface area contributed by atoms with Gasteiger partial charge in [0.1, 0.15) is 0 Å². The number of carbonyl (C=O) groups is 1. The number of methoxy groups -OCH3 is 1. The van der Waals surface area contributed by atoms with E-state index in [0.717, 1.165) is 24.8 Å². The van der Waals surface area contributed by atoms with Crippen LogP contribution in [0.3, 0.4) is 0 Å². The summed E-state index contributed by atoms with van der Waals surface area (Å²) in [7, 11) is 1.78. The molecule has 128 valence electrons. The molecule has 0 heterocycles. The van der Waals surface area contributed by atoms with Crippen LogP contribution in [-0.2, 0) is 9.53 Å². The Labute approximate surface area is 138 Å². The SMILES string of the molecule is CCC(C)C(=O)/C=C(C)/C=C/CC(C)CCCC(C)(C)OC. The summed E-state index contributed by atoms with van der Waals surface area (Å²) in [4.78, 5) is 11.8. The molecule has 2 atom stereocenters. The standard InChI is InChI=1S/C20H36O2/c1-8-18(4)19(21)15-17(3)12-9-11-16(2)13-10-14-20(5,6)22-7/h9,12,15-16,18H,8,10-11,13-14H2,1-7H3/b12-9+,17-15+. The molecule has 0 aromatic rings. The lowest BCUT2D eigenvalue weighted by Gasteiger charge is -2.23. The highest BCUT2D eigenvalue weighted by Crippen LogP contribution is 2.20. The number of hydrogen-bond acceptors (Lipinski definition) is 2. The lowest BCUT2D eigenvalue weighted by Crippen LogP contribution is -2.22. The maximum atomic E-state index is 11.8. The Morgan fingerprint density at radius 1 is 1.27 bits per heavy atom. The predicted octanol–water partition coefficient (Wildman–Crippen LogP) is 5.73. The fourth-order valence-corrected chi connectivity index (χ4v) is 2.20. The van der Waals surface area contributed by atoms with Crippen LogP contribution in [-0.4, -0.2) is 18.5 Å². The van der Waals surface area contributed by atoms with E-state index in [1.54, 1.807) is 13.2 Å². The first-order valence-corrected chi connectivity index (χ1v) is 8.65. The van der Waals surface area contributed by atoms with Crippen molar-refractivity contribution in [1.29, 1.82) is 0 Å². The molecule has 0 aliphatic carbocycles. The maximum absolute atomic E-state index is 11.8. The molecular weight excluding hydrogens is 272 g/mol. The van der Waals surface area contributed by atoms with Crippen molar-refractivity contribution in [3.8, 4) is 0 Å². The fourth-order valence-electron chi connectivity index (χ4n) is 2.20. The van der Waals surface area contributed by atoms with Crippen molar-refractivity contribution in [3.05, 3.63) is 23.8 Å². The van der Waals surface area contributed by atoms with E-state index in [1.165, 1.54) is 12.8 Å². The Bertz CT molecular complexity index is 377. The van der Waals surface area contributed by atoms with E-state index in [2.05, 4.69) is 32.9 Å². The number of hydrogen-bond donors (Lipinski definition) is 0. The van der Waals surface area contributed by atoms with Gasteiger partial charge in [0.2, 0.25) is 0 Å². The summed E-state index contributed by atoms with van der Waals surface area (Å²) in [5.74, 6) is 1.04. The highest BCUT2D eigenvalue weighted by molar-refractivity contribution is 5.92. The van der Waals surface area contributed by atoms with Crippen molar-refractivity contribution in [2.75, 3.05) is 7.11 Å². The van der Waals surface area contributed by atoms with E-state index in [0.29, 0.717) is 5.92 Å². The van der Waals surface area contributed by atoms with Gasteiger partial charge >= 0.3 is 0 Å². The van der Waals surface area contributed by atoms with Gasteiger partial charge in [-0.2, -0.15) is 0 Å². The first-order valence-electron chi connectivity index (χ1n) is 8.65. The van der Waals surface area contributed by atoms with E-state index in [-0.39, 0.29) is 17.3 Å². The molecular formula is C20H36O2. The fraction of sp³-hybridized carbons (Fsp3) is 0.750. The third-order valence-electron chi connectivity index (χ3n) is 4.42. The molecule has 0 aromatic heterocycles. The average molecular weight is 309 g/mol. The summed E-state index contributed by atoms with van der Waals surface area (Å²) in [6.45, 7) is 12.6. The molecule has 2 unspecified atom stereocenters. The van der Waals surface area contributed by atoms with E-state index >= 15 is 0 Å². The van der Waals surface area contributed by atoms with Crippen molar-refractivity contribution in [3.63, 3.8) is 0 Å². The molecule has 0 saturated heterocycles. The van der Waals surface area contributed by atoms with Crippen LogP contribution in [0.4, 0.5) is 0 Å².